The van der Waals surface area contributed by atoms with Crippen molar-refractivity contribution in [1.82, 2.24) is 4.90 Å². The number of aromatic carboxylic acids is 1. The summed E-state index contributed by atoms with van der Waals surface area (Å²) in [5.74, 6) is -0.477. The van der Waals surface area contributed by atoms with E-state index in [4.69, 9.17) is 9.47 Å². The van der Waals surface area contributed by atoms with Crippen LogP contribution in [0.25, 0.3) is 6.08 Å². The first kappa shape index (κ1) is 22.4. The highest BCUT2D eigenvalue weighted by Crippen LogP contribution is 2.38. The Hall–Kier alpha value is -3.26. The van der Waals surface area contributed by atoms with Crippen molar-refractivity contribution in [1.29, 1.82) is 0 Å². The molecule has 0 saturated carbocycles. The Bertz CT molecular complexity index is 1050. The maximum Gasteiger partial charge on any atom is 0.335 e. The molecule has 1 aliphatic heterocycles. The molecule has 2 amide bonds. The Kier molecular flexibility index (Phi) is 7.02. The molecule has 3 rings (SSSR count). The molecule has 0 spiro atoms. The predicted octanol–water partition coefficient (Wildman–Crippen LogP) is 4.81. The Morgan fingerprint density at radius 1 is 1.23 bits per heavy atom. The minimum absolute atomic E-state index is 0.108. The molecule has 8 heteroatoms. The number of thioether (sulfide) groups is 1. The fourth-order valence-corrected chi connectivity index (χ4v) is 4.02. The number of imide groups is 1. The van der Waals surface area contributed by atoms with E-state index in [-0.39, 0.29) is 29.4 Å². The van der Waals surface area contributed by atoms with E-state index in [1.54, 1.807) is 36.4 Å². The van der Waals surface area contributed by atoms with E-state index in [1.165, 1.54) is 24.1 Å². The van der Waals surface area contributed by atoms with Gasteiger partial charge in [0.2, 0.25) is 0 Å². The largest absolute Gasteiger partial charge is 0.493 e. The van der Waals surface area contributed by atoms with Crippen LogP contribution in [-0.4, -0.2) is 40.3 Å². The first-order chi connectivity index (χ1) is 14.8. The van der Waals surface area contributed by atoms with Gasteiger partial charge in [0.25, 0.3) is 11.1 Å². The van der Waals surface area contributed by atoms with E-state index in [2.05, 4.69) is 0 Å². The fraction of sp³-hybridized carbons (Fsp3) is 0.261. The molecule has 31 heavy (non-hydrogen) atoms. The maximum atomic E-state index is 12.8. The highest BCUT2D eigenvalue weighted by Gasteiger charge is 2.37. The molecule has 1 aliphatic rings. The van der Waals surface area contributed by atoms with Crippen LogP contribution in [0.2, 0.25) is 0 Å². The number of hydrogen-bond acceptors (Lipinski definition) is 6. The molecule has 0 radical (unpaired) electrons. The highest BCUT2D eigenvalue weighted by atomic mass is 32.2. The zero-order valence-electron chi connectivity index (χ0n) is 17.5. The molecule has 0 bridgehead atoms. The van der Waals surface area contributed by atoms with E-state index >= 15 is 0 Å². The third-order valence-corrected chi connectivity index (χ3v) is 5.81. The quantitative estimate of drug-likeness (QED) is 0.588. The standard InChI is InChI=1S/C23H23NO6S/c1-4-14(2)24-21(25)19(31-23(24)28)12-16-8-6-10-18(29-3)20(16)30-13-15-7-5-9-17(11-15)22(26)27/h5-12,14H,4,13H2,1-3H3,(H,26,27)/b19-12+/t14-/m0/s1. The summed E-state index contributed by atoms with van der Waals surface area (Å²) < 4.78 is 11.4. The molecule has 1 fully saturated rings. The van der Waals surface area contributed by atoms with Crippen molar-refractivity contribution >= 4 is 35.0 Å². The topological polar surface area (TPSA) is 93.1 Å². The van der Waals surface area contributed by atoms with Crippen LogP contribution >= 0.6 is 11.8 Å². The Balaban J connectivity index is 1.90. The van der Waals surface area contributed by atoms with Gasteiger partial charge in [-0.05, 0) is 54.9 Å². The second-order valence-corrected chi connectivity index (χ2v) is 7.98. The zero-order chi connectivity index (χ0) is 22.5. The molecule has 1 saturated heterocycles. The van der Waals surface area contributed by atoms with E-state index in [0.29, 0.717) is 34.0 Å². The molecule has 2 aromatic rings. The van der Waals surface area contributed by atoms with Crippen LogP contribution in [0.1, 0.15) is 41.8 Å². The lowest BCUT2D eigenvalue weighted by Crippen LogP contribution is -2.36. The van der Waals surface area contributed by atoms with Crippen LogP contribution in [0.3, 0.4) is 0 Å². The molecule has 2 aromatic carbocycles. The number of nitrogens with zero attached hydrogens (tertiary/aromatic N) is 1. The minimum atomic E-state index is -1.02. The highest BCUT2D eigenvalue weighted by molar-refractivity contribution is 8.18. The van der Waals surface area contributed by atoms with Crippen molar-refractivity contribution in [2.45, 2.75) is 32.9 Å². The van der Waals surface area contributed by atoms with Crippen molar-refractivity contribution in [2.75, 3.05) is 7.11 Å². The van der Waals surface area contributed by atoms with Gasteiger partial charge in [-0.15, -0.1) is 0 Å². The van der Waals surface area contributed by atoms with Crippen molar-refractivity contribution in [3.8, 4) is 11.5 Å². The van der Waals surface area contributed by atoms with Crippen LogP contribution in [0.4, 0.5) is 4.79 Å². The van der Waals surface area contributed by atoms with Gasteiger partial charge in [0.15, 0.2) is 11.5 Å². The number of ether oxygens (including phenoxy) is 2. The molecule has 0 aliphatic carbocycles. The lowest BCUT2D eigenvalue weighted by Gasteiger charge is -2.19. The van der Waals surface area contributed by atoms with Crippen LogP contribution in [0.5, 0.6) is 11.5 Å². The SMILES string of the molecule is CC[C@H](C)N1C(=O)S/C(=C/c2cccc(OC)c2OCc2cccc(C(=O)O)c2)C1=O. The summed E-state index contributed by atoms with van der Waals surface area (Å²) in [7, 11) is 1.51. The van der Waals surface area contributed by atoms with Gasteiger partial charge >= 0.3 is 5.97 Å². The molecule has 0 aromatic heterocycles. The monoisotopic (exact) mass is 441 g/mol. The zero-order valence-corrected chi connectivity index (χ0v) is 18.3. The number of benzene rings is 2. The minimum Gasteiger partial charge on any atom is -0.493 e. The number of para-hydroxylation sites is 1. The number of rotatable bonds is 8. The normalized spacial score (nSPS) is 16.0. The van der Waals surface area contributed by atoms with Crippen LogP contribution in [0.15, 0.2) is 47.4 Å². The average Bonchev–Trinajstić information content (AvgIpc) is 3.05. The second-order valence-electron chi connectivity index (χ2n) is 6.98. The number of carboxylic acid groups (broad SMARTS) is 1. The van der Waals surface area contributed by atoms with Gasteiger partial charge in [0, 0.05) is 11.6 Å². The van der Waals surface area contributed by atoms with Gasteiger partial charge in [0.1, 0.15) is 6.61 Å². The van der Waals surface area contributed by atoms with Gasteiger partial charge < -0.3 is 14.6 Å². The molecule has 1 heterocycles. The molecule has 1 atom stereocenters. The molecule has 0 unspecified atom stereocenters. The van der Waals surface area contributed by atoms with Crippen LogP contribution in [0, 0.1) is 0 Å². The number of carbonyl (C=O) groups is 3. The van der Waals surface area contributed by atoms with E-state index in [0.717, 1.165) is 11.8 Å². The maximum absolute atomic E-state index is 12.8. The van der Waals surface area contributed by atoms with E-state index in [1.807, 2.05) is 13.8 Å². The van der Waals surface area contributed by atoms with Crippen molar-refractivity contribution in [3.05, 3.63) is 64.1 Å². The molecule has 1 N–H and O–H groups in total. The first-order valence-electron chi connectivity index (χ1n) is 9.74. The van der Waals surface area contributed by atoms with E-state index in [9.17, 15) is 19.5 Å². The Labute approximate surface area is 184 Å². The molecular formula is C23H23NO6S. The second kappa shape index (κ2) is 9.70. The lowest BCUT2D eigenvalue weighted by atomic mass is 10.1. The van der Waals surface area contributed by atoms with Gasteiger partial charge in [-0.25, -0.2) is 4.79 Å². The Morgan fingerprint density at radius 3 is 2.65 bits per heavy atom. The molecule has 7 nitrogen and oxygen atoms in total. The Morgan fingerprint density at radius 2 is 1.97 bits per heavy atom. The summed E-state index contributed by atoms with van der Waals surface area (Å²) in [5.41, 5.74) is 1.43. The third-order valence-electron chi connectivity index (χ3n) is 4.93. The van der Waals surface area contributed by atoms with Gasteiger partial charge in [-0.2, -0.15) is 0 Å². The summed E-state index contributed by atoms with van der Waals surface area (Å²) >= 11 is 0.899. The summed E-state index contributed by atoms with van der Waals surface area (Å²) in [5, 5.41) is 8.88. The van der Waals surface area contributed by atoms with Crippen molar-refractivity contribution in [3.63, 3.8) is 0 Å². The summed E-state index contributed by atoms with van der Waals surface area (Å²) in [6.07, 6.45) is 2.30. The number of amides is 2. The summed E-state index contributed by atoms with van der Waals surface area (Å²) in [6.45, 7) is 3.87. The van der Waals surface area contributed by atoms with Gasteiger partial charge in [-0.1, -0.05) is 31.2 Å². The van der Waals surface area contributed by atoms with Gasteiger partial charge in [-0.3, -0.25) is 14.5 Å². The van der Waals surface area contributed by atoms with Crippen molar-refractivity contribution < 1.29 is 29.0 Å². The smallest absolute Gasteiger partial charge is 0.335 e. The van der Waals surface area contributed by atoms with Crippen LogP contribution < -0.4 is 9.47 Å². The fourth-order valence-electron chi connectivity index (χ4n) is 3.09. The van der Waals surface area contributed by atoms with Crippen LogP contribution in [-0.2, 0) is 11.4 Å². The predicted molar refractivity (Wildman–Crippen MR) is 118 cm³/mol. The summed E-state index contributed by atoms with van der Waals surface area (Å²) in [6, 6.07) is 11.5. The number of methoxy groups -OCH3 is 1. The number of carbonyl (C=O) groups excluding carboxylic acids is 2. The summed E-state index contributed by atoms with van der Waals surface area (Å²) in [4.78, 5) is 37.9. The van der Waals surface area contributed by atoms with E-state index < -0.39 is 5.97 Å². The van der Waals surface area contributed by atoms with Gasteiger partial charge in [0.05, 0.1) is 17.6 Å². The average molecular weight is 442 g/mol. The first-order valence-corrected chi connectivity index (χ1v) is 10.6. The molecular weight excluding hydrogens is 418 g/mol. The number of carboxylic acids is 1. The number of hydrogen-bond donors (Lipinski definition) is 1. The third kappa shape index (κ3) is 4.91. The van der Waals surface area contributed by atoms with Crippen molar-refractivity contribution in [2.24, 2.45) is 0 Å². The molecule has 162 valence electrons. The lowest BCUT2D eigenvalue weighted by molar-refractivity contribution is -0.124.